The number of thiophene rings is 1. The molecule has 2 aromatic rings. The molecule has 0 spiro atoms. The number of benzene rings is 1. The predicted octanol–water partition coefficient (Wildman–Crippen LogP) is 4.19. The minimum Gasteiger partial charge on any atom is -0.305 e. The van der Waals surface area contributed by atoms with Gasteiger partial charge in [-0.15, -0.1) is 23.1 Å². The normalized spacial score (nSPS) is 12.1. The molecule has 0 aliphatic heterocycles. The van der Waals surface area contributed by atoms with E-state index in [0.717, 1.165) is 11.4 Å². The highest BCUT2D eigenvalue weighted by molar-refractivity contribution is 7.98. The van der Waals surface area contributed by atoms with E-state index in [1.165, 1.54) is 15.3 Å². The van der Waals surface area contributed by atoms with Crippen molar-refractivity contribution in [3.05, 3.63) is 51.7 Å². The standard InChI is InChI=1S/C15H16N2S2/c1-11(12-3-5-13(18-2)6-4-12)17-10-15-8-7-14(9-16)19-15/h3-8,11,17H,10H2,1-2H3. The number of nitriles is 1. The van der Waals surface area contributed by atoms with Crippen LogP contribution in [0.4, 0.5) is 0 Å². The molecule has 0 radical (unpaired) electrons. The molecule has 0 bridgehead atoms. The summed E-state index contributed by atoms with van der Waals surface area (Å²) >= 11 is 3.30. The molecular weight excluding hydrogens is 272 g/mol. The van der Waals surface area contributed by atoms with Crippen LogP contribution in [0.15, 0.2) is 41.3 Å². The van der Waals surface area contributed by atoms with Gasteiger partial charge >= 0.3 is 0 Å². The highest BCUT2D eigenvalue weighted by Gasteiger charge is 2.06. The smallest absolute Gasteiger partial charge is 0.110 e. The zero-order valence-electron chi connectivity index (χ0n) is 11.0. The van der Waals surface area contributed by atoms with Crippen molar-refractivity contribution >= 4 is 23.1 Å². The van der Waals surface area contributed by atoms with E-state index in [-0.39, 0.29) is 0 Å². The van der Waals surface area contributed by atoms with E-state index in [2.05, 4.69) is 48.8 Å². The minimum atomic E-state index is 0.309. The van der Waals surface area contributed by atoms with E-state index in [1.807, 2.05) is 12.1 Å². The first-order valence-corrected chi connectivity index (χ1v) is 8.13. The molecule has 0 aliphatic rings. The van der Waals surface area contributed by atoms with Crippen molar-refractivity contribution in [3.63, 3.8) is 0 Å². The van der Waals surface area contributed by atoms with Crippen molar-refractivity contribution < 1.29 is 0 Å². The lowest BCUT2D eigenvalue weighted by molar-refractivity contribution is 0.578. The highest BCUT2D eigenvalue weighted by atomic mass is 32.2. The van der Waals surface area contributed by atoms with Gasteiger partial charge in [-0.3, -0.25) is 0 Å². The lowest BCUT2D eigenvalue weighted by atomic mass is 10.1. The summed E-state index contributed by atoms with van der Waals surface area (Å²) in [6, 6.07) is 15.0. The number of nitrogens with zero attached hydrogens (tertiary/aromatic N) is 1. The third-order valence-electron chi connectivity index (χ3n) is 2.97. The van der Waals surface area contributed by atoms with E-state index in [0.29, 0.717) is 6.04 Å². The Hall–Kier alpha value is -1.28. The van der Waals surface area contributed by atoms with Gasteiger partial charge in [0.25, 0.3) is 0 Å². The second-order valence-corrected chi connectivity index (χ2v) is 6.30. The van der Waals surface area contributed by atoms with Crippen LogP contribution in [0.25, 0.3) is 0 Å². The van der Waals surface area contributed by atoms with Crippen molar-refractivity contribution in [1.82, 2.24) is 5.32 Å². The molecule has 1 N–H and O–H groups in total. The third kappa shape index (κ3) is 3.84. The molecule has 1 unspecified atom stereocenters. The van der Waals surface area contributed by atoms with Crippen LogP contribution < -0.4 is 5.32 Å². The summed E-state index contributed by atoms with van der Waals surface area (Å²) in [6.07, 6.45) is 2.08. The van der Waals surface area contributed by atoms with Gasteiger partial charge in [-0.25, -0.2) is 0 Å². The summed E-state index contributed by atoms with van der Waals surface area (Å²) in [6.45, 7) is 2.96. The molecule has 98 valence electrons. The van der Waals surface area contributed by atoms with Crippen molar-refractivity contribution in [1.29, 1.82) is 5.26 Å². The molecule has 4 heteroatoms. The number of nitrogens with one attached hydrogen (secondary N) is 1. The second-order valence-electron chi connectivity index (χ2n) is 4.25. The van der Waals surface area contributed by atoms with E-state index >= 15 is 0 Å². The van der Waals surface area contributed by atoms with Gasteiger partial charge in [0.1, 0.15) is 10.9 Å². The Balaban J connectivity index is 1.93. The van der Waals surface area contributed by atoms with Crippen LogP contribution in [-0.2, 0) is 6.54 Å². The predicted molar refractivity (Wildman–Crippen MR) is 82.5 cm³/mol. The summed E-state index contributed by atoms with van der Waals surface area (Å²) in [7, 11) is 0. The fourth-order valence-electron chi connectivity index (χ4n) is 1.80. The Morgan fingerprint density at radius 2 is 2.00 bits per heavy atom. The molecule has 0 fully saturated rings. The van der Waals surface area contributed by atoms with Crippen LogP contribution in [0.1, 0.15) is 28.3 Å². The Morgan fingerprint density at radius 3 is 2.58 bits per heavy atom. The molecule has 0 saturated carbocycles. The number of hydrogen-bond acceptors (Lipinski definition) is 4. The SMILES string of the molecule is CSc1ccc(C(C)NCc2ccc(C#N)s2)cc1. The van der Waals surface area contributed by atoms with Crippen LogP contribution in [0.5, 0.6) is 0 Å². The summed E-state index contributed by atoms with van der Waals surface area (Å²) in [5, 5.41) is 12.3. The van der Waals surface area contributed by atoms with E-state index in [9.17, 15) is 0 Å². The molecule has 1 heterocycles. The molecule has 1 aromatic carbocycles. The average Bonchev–Trinajstić information content (AvgIpc) is 2.93. The quantitative estimate of drug-likeness (QED) is 0.838. The molecule has 0 aliphatic carbocycles. The van der Waals surface area contributed by atoms with Crippen LogP contribution in [-0.4, -0.2) is 6.26 Å². The molecule has 0 amide bonds. The lowest BCUT2D eigenvalue weighted by Gasteiger charge is -2.13. The fraction of sp³-hybridized carbons (Fsp3) is 0.267. The Kier molecular flexibility index (Phi) is 5.03. The summed E-state index contributed by atoms with van der Waals surface area (Å²) in [4.78, 5) is 3.26. The van der Waals surface area contributed by atoms with Crippen LogP contribution in [0.3, 0.4) is 0 Å². The summed E-state index contributed by atoms with van der Waals surface area (Å²) < 4.78 is 0. The van der Waals surface area contributed by atoms with E-state index in [4.69, 9.17) is 5.26 Å². The first-order chi connectivity index (χ1) is 9.22. The number of thioether (sulfide) groups is 1. The zero-order valence-corrected chi connectivity index (χ0v) is 12.6. The molecule has 1 aromatic heterocycles. The van der Waals surface area contributed by atoms with Crippen molar-refractivity contribution in [3.8, 4) is 6.07 Å². The topological polar surface area (TPSA) is 35.8 Å². The van der Waals surface area contributed by atoms with Gasteiger partial charge in [-0.05, 0) is 43.0 Å². The van der Waals surface area contributed by atoms with Crippen molar-refractivity contribution in [2.45, 2.75) is 24.4 Å². The van der Waals surface area contributed by atoms with Gasteiger partial charge in [0, 0.05) is 22.4 Å². The molecule has 2 nitrogen and oxygen atoms in total. The van der Waals surface area contributed by atoms with E-state index < -0.39 is 0 Å². The minimum absolute atomic E-state index is 0.309. The zero-order chi connectivity index (χ0) is 13.7. The van der Waals surface area contributed by atoms with Crippen molar-refractivity contribution in [2.24, 2.45) is 0 Å². The largest absolute Gasteiger partial charge is 0.305 e. The molecule has 0 saturated heterocycles. The molecule has 1 atom stereocenters. The molecule has 19 heavy (non-hydrogen) atoms. The molecular formula is C15H16N2S2. The lowest BCUT2D eigenvalue weighted by Crippen LogP contribution is -2.17. The first-order valence-electron chi connectivity index (χ1n) is 6.09. The summed E-state index contributed by atoms with van der Waals surface area (Å²) in [5.41, 5.74) is 1.29. The van der Waals surface area contributed by atoms with Gasteiger partial charge < -0.3 is 5.32 Å². The van der Waals surface area contributed by atoms with E-state index in [1.54, 1.807) is 23.1 Å². The Morgan fingerprint density at radius 1 is 1.26 bits per heavy atom. The van der Waals surface area contributed by atoms with Gasteiger partial charge in [0.15, 0.2) is 0 Å². The van der Waals surface area contributed by atoms with Crippen LogP contribution in [0, 0.1) is 11.3 Å². The number of hydrogen-bond donors (Lipinski definition) is 1. The average molecular weight is 288 g/mol. The second kappa shape index (κ2) is 6.76. The maximum atomic E-state index is 8.79. The summed E-state index contributed by atoms with van der Waals surface area (Å²) in [5.74, 6) is 0. The van der Waals surface area contributed by atoms with Crippen LogP contribution >= 0.6 is 23.1 Å². The highest BCUT2D eigenvalue weighted by Crippen LogP contribution is 2.20. The maximum Gasteiger partial charge on any atom is 0.110 e. The van der Waals surface area contributed by atoms with Gasteiger partial charge in [0.2, 0.25) is 0 Å². The van der Waals surface area contributed by atoms with Crippen LogP contribution in [0.2, 0.25) is 0 Å². The van der Waals surface area contributed by atoms with Crippen molar-refractivity contribution in [2.75, 3.05) is 6.26 Å². The van der Waals surface area contributed by atoms with Gasteiger partial charge in [-0.1, -0.05) is 12.1 Å². The van der Waals surface area contributed by atoms with Gasteiger partial charge in [-0.2, -0.15) is 5.26 Å². The molecule has 2 rings (SSSR count). The first kappa shape index (κ1) is 14.1. The third-order valence-corrected chi connectivity index (χ3v) is 4.70. The monoisotopic (exact) mass is 288 g/mol. The van der Waals surface area contributed by atoms with Gasteiger partial charge in [0.05, 0.1) is 0 Å². The Bertz CT molecular complexity index is 567. The Labute approximate surface area is 122 Å². The maximum absolute atomic E-state index is 8.79. The number of rotatable bonds is 5. The fourth-order valence-corrected chi connectivity index (χ4v) is 2.96.